The second-order valence-electron chi connectivity index (χ2n) is 6.59. The SMILES string of the molecule is Cc1cc(-c2c(C)noc2C)nc([C@H]2CCCCN2C(=O)CCN)n1. The van der Waals surface area contributed by atoms with Gasteiger partial charge in [-0.2, -0.15) is 0 Å². The number of hydrogen-bond acceptors (Lipinski definition) is 6. The van der Waals surface area contributed by atoms with Gasteiger partial charge in [-0.1, -0.05) is 5.16 Å². The van der Waals surface area contributed by atoms with E-state index in [4.69, 9.17) is 15.2 Å². The molecule has 1 amide bonds. The van der Waals surface area contributed by atoms with Gasteiger partial charge in [0.05, 0.1) is 23.0 Å². The van der Waals surface area contributed by atoms with Crippen LogP contribution in [0.15, 0.2) is 10.6 Å². The molecule has 2 N–H and O–H groups in total. The summed E-state index contributed by atoms with van der Waals surface area (Å²) in [6.07, 6.45) is 3.31. The number of likely N-dealkylation sites (tertiary alicyclic amines) is 1. The Labute approximate surface area is 147 Å². The lowest BCUT2D eigenvalue weighted by Gasteiger charge is -2.35. The van der Waals surface area contributed by atoms with E-state index >= 15 is 0 Å². The first-order valence-corrected chi connectivity index (χ1v) is 8.79. The lowest BCUT2D eigenvalue weighted by molar-refractivity contribution is -0.135. The Kier molecular flexibility index (Phi) is 5.13. The third-order valence-corrected chi connectivity index (χ3v) is 4.64. The predicted octanol–water partition coefficient (Wildman–Crippen LogP) is 2.46. The van der Waals surface area contributed by atoms with Crippen LogP contribution >= 0.6 is 0 Å². The number of nitrogens with two attached hydrogens (primary N) is 1. The van der Waals surface area contributed by atoms with E-state index < -0.39 is 0 Å². The minimum atomic E-state index is -0.0908. The number of carbonyl (C=O) groups is 1. The van der Waals surface area contributed by atoms with Crippen LogP contribution in [0.1, 0.15) is 54.7 Å². The zero-order valence-electron chi connectivity index (χ0n) is 15.1. The molecule has 0 bridgehead atoms. The largest absolute Gasteiger partial charge is 0.361 e. The lowest BCUT2D eigenvalue weighted by Crippen LogP contribution is -2.40. The minimum absolute atomic E-state index is 0.0798. The highest BCUT2D eigenvalue weighted by Crippen LogP contribution is 2.32. The van der Waals surface area contributed by atoms with Crippen molar-refractivity contribution in [1.82, 2.24) is 20.0 Å². The summed E-state index contributed by atoms with van der Waals surface area (Å²) in [7, 11) is 0. The summed E-state index contributed by atoms with van der Waals surface area (Å²) < 4.78 is 5.28. The third kappa shape index (κ3) is 3.56. The van der Waals surface area contributed by atoms with E-state index in [1.807, 2.05) is 31.7 Å². The van der Waals surface area contributed by atoms with Crippen molar-refractivity contribution < 1.29 is 9.32 Å². The van der Waals surface area contributed by atoms with E-state index in [0.29, 0.717) is 18.8 Å². The van der Waals surface area contributed by atoms with Crippen LogP contribution in [-0.2, 0) is 4.79 Å². The molecule has 2 aromatic rings. The molecule has 3 rings (SSSR count). The van der Waals surface area contributed by atoms with Crippen molar-refractivity contribution in [2.45, 2.75) is 52.5 Å². The number of hydrogen-bond donors (Lipinski definition) is 1. The number of aromatic nitrogens is 3. The van der Waals surface area contributed by atoms with Gasteiger partial charge in [0.2, 0.25) is 5.91 Å². The van der Waals surface area contributed by atoms with Gasteiger partial charge in [0.15, 0.2) is 5.82 Å². The Morgan fingerprint density at radius 3 is 2.80 bits per heavy atom. The maximum atomic E-state index is 12.5. The molecule has 7 heteroatoms. The van der Waals surface area contributed by atoms with Gasteiger partial charge in [-0.05, 0) is 46.1 Å². The van der Waals surface area contributed by atoms with Gasteiger partial charge >= 0.3 is 0 Å². The van der Waals surface area contributed by atoms with Crippen molar-refractivity contribution in [2.24, 2.45) is 5.73 Å². The van der Waals surface area contributed by atoms with Crippen molar-refractivity contribution in [3.63, 3.8) is 0 Å². The van der Waals surface area contributed by atoms with Gasteiger partial charge in [-0.25, -0.2) is 9.97 Å². The van der Waals surface area contributed by atoms with Crippen LogP contribution in [0.4, 0.5) is 0 Å². The summed E-state index contributed by atoms with van der Waals surface area (Å²) in [5.41, 5.74) is 8.95. The Morgan fingerprint density at radius 1 is 1.32 bits per heavy atom. The number of nitrogens with zero attached hydrogens (tertiary/aromatic N) is 4. The molecule has 134 valence electrons. The lowest BCUT2D eigenvalue weighted by atomic mass is 10.00. The summed E-state index contributed by atoms with van der Waals surface area (Å²) in [6, 6.07) is 1.84. The van der Waals surface area contributed by atoms with Crippen LogP contribution in [-0.4, -0.2) is 39.0 Å². The average molecular weight is 343 g/mol. The number of aryl methyl sites for hydroxylation is 3. The molecule has 3 heterocycles. The Morgan fingerprint density at radius 2 is 2.12 bits per heavy atom. The number of piperidine rings is 1. The third-order valence-electron chi connectivity index (χ3n) is 4.64. The molecule has 1 saturated heterocycles. The molecule has 1 aliphatic heterocycles. The van der Waals surface area contributed by atoms with Crippen LogP contribution in [0.3, 0.4) is 0 Å². The van der Waals surface area contributed by atoms with E-state index in [2.05, 4.69) is 10.1 Å². The van der Waals surface area contributed by atoms with Gasteiger partial charge in [0, 0.05) is 25.2 Å². The smallest absolute Gasteiger partial charge is 0.224 e. The summed E-state index contributed by atoms with van der Waals surface area (Å²) in [5, 5.41) is 4.02. The second kappa shape index (κ2) is 7.31. The van der Waals surface area contributed by atoms with Crippen LogP contribution in [0.2, 0.25) is 0 Å². The Bertz CT molecular complexity index is 751. The van der Waals surface area contributed by atoms with Gasteiger partial charge in [-0.3, -0.25) is 4.79 Å². The fraction of sp³-hybridized carbons (Fsp3) is 0.556. The molecule has 1 atom stereocenters. The molecule has 25 heavy (non-hydrogen) atoms. The number of rotatable bonds is 4. The zero-order valence-corrected chi connectivity index (χ0v) is 15.1. The molecule has 0 spiro atoms. The summed E-state index contributed by atoms with van der Waals surface area (Å²) in [6.45, 7) is 6.83. The van der Waals surface area contributed by atoms with E-state index in [1.165, 1.54) is 0 Å². The van der Waals surface area contributed by atoms with Crippen molar-refractivity contribution in [2.75, 3.05) is 13.1 Å². The van der Waals surface area contributed by atoms with Crippen molar-refractivity contribution in [3.05, 3.63) is 29.0 Å². The topological polar surface area (TPSA) is 98.1 Å². The fourth-order valence-electron chi connectivity index (χ4n) is 3.48. The average Bonchev–Trinajstić information content (AvgIpc) is 2.93. The number of amides is 1. The van der Waals surface area contributed by atoms with E-state index in [0.717, 1.165) is 54.2 Å². The standard InChI is InChI=1S/C18H25N5O2/c1-11-10-14(17-12(2)22-25-13(17)3)21-18(20-11)15-6-4-5-9-23(15)16(24)7-8-19/h10,15H,4-9,19H2,1-3H3/t15-/m1/s1. The molecule has 0 aromatic carbocycles. The summed E-state index contributed by atoms with van der Waals surface area (Å²) in [5.74, 6) is 1.51. The van der Waals surface area contributed by atoms with Crippen LogP contribution in [0.25, 0.3) is 11.3 Å². The zero-order chi connectivity index (χ0) is 18.0. The van der Waals surface area contributed by atoms with Gasteiger partial charge in [-0.15, -0.1) is 0 Å². The highest BCUT2D eigenvalue weighted by atomic mass is 16.5. The molecule has 0 saturated carbocycles. The first kappa shape index (κ1) is 17.5. The number of carbonyl (C=O) groups excluding carboxylic acids is 1. The van der Waals surface area contributed by atoms with Gasteiger partial charge < -0.3 is 15.2 Å². The van der Waals surface area contributed by atoms with Crippen LogP contribution in [0, 0.1) is 20.8 Å². The molecule has 0 unspecified atom stereocenters. The molecule has 7 nitrogen and oxygen atoms in total. The monoisotopic (exact) mass is 343 g/mol. The molecular weight excluding hydrogens is 318 g/mol. The van der Waals surface area contributed by atoms with Gasteiger partial charge in [0.25, 0.3) is 0 Å². The molecule has 0 aliphatic carbocycles. The molecule has 1 aliphatic rings. The first-order chi connectivity index (χ1) is 12.0. The quantitative estimate of drug-likeness (QED) is 0.915. The van der Waals surface area contributed by atoms with E-state index in [-0.39, 0.29) is 11.9 Å². The van der Waals surface area contributed by atoms with Crippen LogP contribution < -0.4 is 5.73 Å². The fourth-order valence-corrected chi connectivity index (χ4v) is 3.48. The molecular formula is C18H25N5O2. The molecule has 0 radical (unpaired) electrons. The second-order valence-corrected chi connectivity index (χ2v) is 6.59. The molecule has 1 fully saturated rings. The van der Waals surface area contributed by atoms with Gasteiger partial charge in [0.1, 0.15) is 5.76 Å². The van der Waals surface area contributed by atoms with Crippen LogP contribution in [0.5, 0.6) is 0 Å². The maximum absolute atomic E-state index is 12.5. The van der Waals surface area contributed by atoms with Crippen molar-refractivity contribution >= 4 is 5.91 Å². The summed E-state index contributed by atoms with van der Waals surface area (Å²) >= 11 is 0. The molecule has 2 aromatic heterocycles. The highest BCUT2D eigenvalue weighted by molar-refractivity contribution is 5.77. The van der Waals surface area contributed by atoms with E-state index in [1.54, 1.807) is 0 Å². The van der Waals surface area contributed by atoms with E-state index in [9.17, 15) is 4.79 Å². The maximum Gasteiger partial charge on any atom is 0.224 e. The predicted molar refractivity (Wildman–Crippen MR) is 93.7 cm³/mol. The normalized spacial score (nSPS) is 17.8. The summed E-state index contributed by atoms with van der Waals surface area (Å²) in [4.78, 5) is 23.8. The highest BCUT2D eigenvalue weighted by Gasteiger charge is 2.30. The van der Waals surface area contributed by atoms with Crippen molar-refractivity contribution in [1.29, 1.82) is 0 Å². The Hall–Kier alpha value is -2.28. The first-order valence-electron chi connectivity index (χ1n) is 8.79. The Balaban J connectivity index is 2.00. The van der Waals surface area contributed by atoms with Crippen molar-refractivity contribution in [3.8, 4) is 11.3 Å². The minimum Gasteiger partial charge on any atom is -0.361 e.